The van der Waals surface area contributed by atoms with Crippen LogP contribution in [0, 0.1) is 6.92 Å². The molecule has 0 saturated carbocycles. The summed E-state index contributed by atoms with van der Waals surface area (Å²) in [5.41, 5.74) is 0.754. The van der Waals surface area contributed by atoms with E-state index >= 15 is 0 Å². The molecule has 1 heterocycles. The molecule has 0 unspecified atom stereocenters. The van der Waals surface area contributed by atoms with Crippen LogP contribution >= 0.6 is 11.3 Å². The molecule has 0 bridgehead atoms. The molecule has 0 radical (unpaired) electrons. The Morgan fingerprint density at radius 2 is 2.14 bits per heavy atom. The summed E-state index contributed by atoms with van der Waals surface area (Å²) in [7, 11) is -2.04. The molecule has 0 spiro atoms. The predicted octanol–water partition coefficient (Wildman–Crippen LogP) is 2.47. The standard InChI is InChI=1S/C15H19NO4S2/c1-11-10-12(5-6-14(11)20-2)22(18,19)16-8-7-13(17)15-4-3-9-21-15/h3-6,9-10,13,16-17H,7-8H2,1-2H3/t13-/m0/s1. The fourth-order valence-electron chi connectivity index (χ4n) is 2.05. The second-order valence-electron chi connectivity index (χ2n) is 4.85. The smallest absolute Gasteiger partial charge is 0.240 e. The van der Waals surface area contributed by atoms with Gasteiger partial charge in [0.1, 0.15) is 5.75 Å². The third-order valence-corrected chi connectivity index (χ3v) is 5.69. The summed E-state index contributed by atoms with van der Waals surface area (Å²) in [6.45, 7) is 1.96. The second-order valence-corrected chi connectivity index (χ2v) is 7.60. The third-order valence-electron chi connectivity index (χ3n) is 3.26. The number of nitrogens with one attached hydrogen (secondary N) is 1. The van der Waals surface area contributed by atoms with Gasteiger partial charge in [0.25, 0.3) is 0 Å². The van der Waals surface area contributed by atoms with E-state index in [9.17, 15) is 13.5 Å². The fourth-order valence-corrected chi connectivity index (χ4v) is 3.93. The third kappa shape index (κ3) is 4.07. The lowest BCUT2D eigenvalue weighted by molar-refractivity contribution is 0.173. The first-order valence-electron chi connectivity index (χ1n) is 6.80. The van der Waals surface area contributed by atoms with Gasteiger partial charge in [-0.05, 0) is 48.6 Å². The Balaban J connectivity index is 1.98. The number of benzene rings is 1. The van der Waals surface area contributed by atoms with Gasteiger partial charge in [0.2, 0.25) is 10.0 Å². The monoisotopic (exact) mass is 341 g/mol. The number of sulfonamides is 1. The molecule has 1 atom stereocenters. The molecule has 0 saturated heterocycles. The number of ether oxygens (including phenoxy) is 1. The Kier molecular flexibility index (Phi) is 5.57. The van der Waals surface area contributed by atoms with Crippen molar-refractivity contribution in [3.8, 4) is 5.75 Å². The summed E-state index contributed by atoms with van der Waals surface area (Å²) in [6, 6.07) is 8.38. The average molecular weight is 341 g/mol. The Bertz CT molecular complexity index is 711. The molecule has 7 heteroatoms. The fraction of sp³-hybridized carbons (Fsp3) is 0.333. The minimum atomic E-state index is -3.59. The van der Waals surface area contributed by atoms with Crippen molar-refractivity contribution in [2.45, 2.75) is 24.3 Å². The average Bonchev–Trinajstić information content (AvgIpc) is 3.01. The lowest BCUT2D eigenvalue weighted by atomic mass is 10.2. The molecule has 1 aromatic carbocycles. The van der Waals surface area contributed by atoms with Crippen LogP contribution < -0.4 is 9.46 Å². The highest BCUT2D eigenvalue weighted by Crippen LogP contribution is 2.23. The van der Waals surface area contributed by atoms with Crippen LogP contribution in [0.3, 0.4) is 0 Å². The van der Waals surface area contributed by atoms with Crippen molar-refractivity contribution < 1.29 is 18.3 Å². The molecule has 120 valence electrons. The Morgan fingerprint density at radius 3 is 2.73 bits per heavy atom. The van der Waals surface area contributed by atoms with Crippen LogP contribution in [0.2, 0.25) is 0 Å². The van der Waals surface area contributed by atoms with Gasteiger partial charge in [0, 0.05) is 11.4 Å². The highest BCUT2D eigenvalue weighted by molar-refractivity contribution is 7.89. The highest BCUT2D eigenvalue weighted by atomic mass is 32.2. The molecule has 2 N–H and O–H groups in total. The van der Waals surface area contributed by atoms with Crippen molar-refractivity contribution in [3.05, 3.63) is 46.2 Å². The molecule has 0 aliphatic rings. The largest absolute Gasteiger partial charge is 0.496 e. The number of methoxy groups -OCH3 is 1. The normalized spacial score (nSPS) is 13.0. The van der Waals surface area contributed by atoms with Gasteiger partial charge >= 0.3 is 0 Å². The topological polar surface area (TPSA) is 75.6 Å². The Morgan fingerprint density at radius 1 is 1.36 bits per heavy atom. The van der Waals surface area contributed by atoms with Crippen LogP contribution in [0.4, 0.5) is 0 Å². The van der Waals surface area contributed by atoms with E-state index in [2.05, 4.69) is 4.72 Å². The minimum Gasteiger partial charge on any atom is -0.496 e. The lowest BCUT2D eigenvalue weighted by Gasteiger charge is -2.11. The summed E-state index contributed by atoms with van der Waals surface area (Å²) in [5.74, 6) is 0.645. The number of aryl methyl sites for hydroxylation is 1. The van der Waals surface area contributed by atoms with Gasteiger partial charge in [-0.25, -0.2) is 13.1 Å². The van der Waals surface area contributed by atoms with Crippen LogP contribution in [0.25, 0.3) is 0 Å². The molecule has 22 heavy (non-hydrogen) atoms. The first-order valence-corrected chi connectivity index (χ1v) is 9.16. The second kappa shape index (κ2) is 7.23. The van der Waals surface area contributed by atoms with E-state index < -0.39 is 16.1 Å². The summed E-state index contributed by atoms with van der Waals surface area (Å²) in [4.78, 5) is 1.02. The predicted molar refractivity (Wildman–Crippen MR) is 86.8 cm³/mol. The maximum absolute atomic E-state index is 12.2. The number of rotatable bonds is 7. The summed E-state index contributed by atoms with van der Waals surface area (Å²) < 4.78 is 32.1. The molecule has 0 aliphatic heterocycles. The molecular formula is C15H19NO4S2. The van der Waals surface area contributed by atoms with Gasteiger partial charge in [0.05, 0.1) is 18.1 Å². The van der Waals surface area contributed by atoms with Gasteiger partial charge in [-0.3, -0.25) is 0 Å². The van der Waals surface area contributed by atoms with Crippen molar-refractivity contribution in [2.75, 3.05) is 13.7 Å². The summed E-state index contributed by atoms with van der Waals surface area (Å²) in [6.07, 6.45) is -0.324. The van der Waals surface area contributed by atoms with Crippen LogP contribution in [0.1, 0.15) is 23.0 Å². The van der Waals surface area contributed by atoms with Crippen LogP contribution in [-0.2, 0) is 10.0 Å². The Labute approximate surface area is 134 Å². The van der Waals surface area contributed by atoms with Crippen molar-refractivity contribution in [3.63, 3.8) is 0 Å². The van der Waals surface area contributed by atoms with E-state index in [1.165, 1.54) is 17.4 Å². The number of thiophene rings is 1. The first kappa shape index (κ1) is 17.0. The van der Waals surface area contributed by atoms with Crippen LogP contribution in [0.5, 0.6) is 5.75 Å². The van der Waals surface area contributed by atoms with E-state index in [0.29, 0.717) is 12.2 Å². The molecule has 2 rings (SSSR count). The molecule has 1 aromatic heterocycles. The van der Waals surface area contributed by atoms with Gasteiger partial charge in [-0.15, -0.1) is 11.3 Å². The van der Waals surface area contributed by atoms with Gasteiger partial charge in [0.15, 0.2) is 0 Å². The van der Waals surface area contributed by atoms with Crippen molar-refractivity contribution >= 4 is 21.4 Å². The minimum absolute atomic E-state index is 0.173. The van der Waals surface area contributed by atoms with Gasteiger partial charge in [-0.2, -0.15) is 0 Å². The molecule has 0 fully saturated rings. The zero-order chi connectivity index (χ0) is 16.2. The van der Waals surface area contributed by atoms with Crippen molar-refractivity contribution in [1.29, 1.82) is 0 Å². The highest BCUT2D eigenvalue weighted by Gasteiger charge is 2.16. The molecular weight excluding hydrogens is 322 g/mol. The van der Waals surface area contributed by atoms with E-state index in [0.717, 1.165) is 10.4 Å². The van der Waals surface area contributed by atoms with Gasteiger partial charge in [-0.1, -0.05) is 6.07 Å². The van der Waals surface area contributed by atoms with E-state index in [4.69, 9.17) is 4.74 Å². The van der Waals surface area contributed by atoms with Crippen LogP contribution in [0.15, 0.2) is 40.6 Å². The zero-order valence-corrected chi connectivity index (χ0v) is 14.1. The Hall–Kier alpha value is -1.41. The number of aliphatic hydroxyl groups excluding tert-OH is 1. The number of aliphatic hydroxyl groups is 1. The molecule has 0 aliphatic carbocycles. The van der Waals surface area contributed by atoms with Crippen molar-refractivity contribution in [2.24, 2.45) is 0 Å². The van der Waals surface area contributed by atoms with E-state index in [1.54, 1.807) is 26.2 Å². The lowest BCUT2D eigenvalue weighted by Crippen LogP contribution is -2.26. The van der Waals surface area contributed by atoms with E-state index in [-0.39, 0.29) is 11.4 Å². The summed E-state index contributed by atoms with van der Waals surface area (Å²) >= 11 is 1.45. The van der Waals surface area contributed by atoms with Crippen LogP contribution in [-0.4, -0.2) is 27.2 Å². The molecule has 5 nitrogen and oxygen atoms in total. The first-order chi connectivity index (χ1) is 10.4. The van der Waals surface area contributed by atoms with Crippen molar-refractivity contribution in [1.82, 2.24) is 4.72 Å². The maximum Gasteiger partial charge on any atom is 0.240 e. The zero-order valence-electron chi connectivity index (χ0n) is 12.4. The quantitative estimate of drug-likeness (QED) is 0.811. The molecule has 0 amide bonds. The van der Waals surface area contributed by atoms with E-state index in [1.807, 2.05) is 17.5 Å². The van der Waals surface area contributed by atoms with Gasteiger partial charge < -0.3 is 9.84 Å². The molecule has 2 aromatic rings. The summed E-state index contributed by atoms with van der Waals surface area (Å²) in [5, 5.41) is 11.8. The number of hydrogen-bond donors (Lipinski definition) is 2. The SMILES string of the molecule is COc1ccc(S(=O)(=O)NCC[C@H](O)c2cccs2)cc1C. The number of hydrogen-bond acceptors (Lipinski definition) is 5. The maximum atomic E-state index is 12.2.